The van der Waals surface area contributed by atoms with Gasteiger partial charge < -0.3 is 15.2 Å². The summed E-state index contributed by atoms with van der Waals surface area (Å²) in [5, 5.41) is 7.03. The molecular formula is C19H36IN5. The van der Waals surface area contributed by atoms with E-state index in [-0.39, 0.29) is 24.0 Å². The largest absolute Gasteiger partial charge is 0.357 e. The molecule has 0 aliphatic heterocycles. The molecule has 144 valence electrons. The zero-order chi connectivity index (χ0) is 17.5. The number of aliphatic imine (C=N–C) groups is 1. The van der Waals surface area contributed by atoms with E-state index in [1.165, 1.54) is 19.3 Å². The van der Waals surface area contributed by atoms with Gasteiger partial charge in [-0.25, -0.2) is 9.98 Å². The summed E-state index contributed by atoms with van der Waals surface area (Å²) in [6, 6.07) is 0.525. The number of halogens is 1. The molecule has 2 unspecified atom stereocenters. The van der Waals surface area contributed by atoms with Crippen LogP contribution in [0.25, 0.3) is 0 Å². The molecule has 1 aliphatic rings. The van der Waals surface area contributed by atoms with Crippen molar-refractivity contribution in [3.63, 3.8) is 0 Å². The van der Waals surface area contributed by atoms with Crippen LogP contribution in [-0.2, 0) is 13.1 Å². The van der Waals surface area contributed by atoms with Crippen LogP contribution in [0.1, 0.15) is 59.7 Å². The Kier molecular flexibility index (Phi) is 9.82. The van der Waals surface area contributed by atoms with Gasteiger partial charge in [-0.15, -0.1) is 24.0 Å². The van der Waals surface area contributed by atoms with Crippen molar-refractivity contribution < 1.29 is 0 Å². The van der Waals surface area contributed by atoms with E-state index in [4.69, 9.17) is 4.99 Å². The molecule has 0 saturated heterocycles. The third-order valence-electron chi connectivity index (χ3n) is 4.61. The maximum Gasteiger partial charge on any atom is 0.191 e. The van der Waals surface area contributed by atoms with E-state index >= 15 is 0 Å². The van der Waals surface area contributed by atoms with Gasteiger partial charge in [-0.05, 0) is 43.9 Å². The molecule has 0 spiro atoms. The van der Waals surface area contributed by atoms with Crippen LogP contribution in [0, 0.1) is 17.8 Å². The molecule has 0 aromatic carbocycles. The summed E-state index contributed by atoms with van der Waals surface area (Å²) in [6.07, 6.45) is 7.74. The van der Waals surface area contributed by atoms with Crippen LogP contribution in [0.5, 0.6) is 0 Å². The van der Waals surface area contributed by atoms with Crippen molar-refractivity contribution in [2.75, 3.05) is 6.54 Å². The minimum atomic E-state index is 0. The van der Waals surface area contributed by atoms with Gasteiger partial charge in [0.25, 0.3) is 0 Å². The number of hydrogen-bond donors (Lipinski definition) is 2. The maximum absolute atomic E-state index is 4.78. The van der Waals surface area contributed by atoms with E-state index in [2.05, 4.69) is 61.0 Å². The van der Waals surface area contributed by atoms with E-state index in [0.717, 1.165) is 36.7 Å². The second-order valence-electron chi connectivity index (χ2n) is 7.84. The first-order chi connectivity index (χ1) is 11.5. The average molecular weight is 461 g/mol. The van der Waals surface area contributed by atoms with Crippen molar-refractivity contribution in [2.24, 2.45) is 22.7 Å². The Balaban J connectivity index is 0.00000312. The Morgan fingerprint density at radius 2 is 1.96 bits per heavy atom. The van der Waals surface area contributed by atoms with Gasteiger partial charge in [0.2, 0.25) is 0 Å². The summed E-state index contributed by atoms with van der Waals surface area (Å²) in [6.45, 7) is 13.8. The van der Waals surface area contributed by atoms with Gasteiger partial charge in [0.15, 0.2) is 5.96 Å². The molecule has 1 saturated carbocycles. The molecular weight excluding hydrogens is 425 g/mol. The van der Waals surface area contributed by atoms with Crippen LogP contribution >= 0.6 is 24.0 Å². The molecule has 6 heteroatoms. The molecule has 2 atom stereocenters. The van der Waals surface area contributed by atoms with Crippen LogP contribution in [0.15, 0.2) is 17.4 Å². The normalized spacial score (nSPS) is 24.1. The van der Waals surface area contributed by atoms with Crippen LogP contribution < -0.4 is 10.6 Å². The number of aromatic nitrogens is 2. The van der Waals surface area contributed by atoms with Gasteiger partial charge >= 0.3 is 0 Å². The van der Waals surface area contributed by atoms with E-state index in [0.29, 0.717) is 18.5 Å². The van der Waals surface area contributed by atoms with Crippen LogP contribution in [0.3, 0.4) is 0 Å². The van der Waals surface area contributed by atoms with Crippen molar-refractivity contribution >= 4 is 29.9 Å². The number of nitrogens with zero attached hydrogens (tertiary/aromatic N) is 3. The zero-order valence-electron chi connectivity index (χ0n) is 16.5. The molecule has 0 amide bonds. The summed E-state index contributed by atoms with van der Waals surface area (Å²) in [5.74, 6) is 4.14. The second-order valence-corrected chi connectivity index (χ2v) is 7.84. The van der Waals surface area contributed by atoms with Crippen molar-refractivity contribution in [1.29, 1.82) is 0 Å². The lowest BCUT2D eigenvalue weighted by Gasteiger charge is -2.32. The predicted octanol–water partition coefficient (Wildman–Crippen LogP) is 4.04. The smallest absolute Gasteiger partial charge is 0.191 e. The zero-order valence-corrected chi connectivity index (χ0v) is 18.8. The summed E-state index contributed by atoms with van der Waals surface area (Å²) < 4.78 is 2.21. The number of hydrogen-bond acceptors (Lipinski definition) is 2. The van der Waals surface area contributed by atoms with Crippen molar-refractivity contribution in [2.45, 2.75) is 73.0 Å². The highest BCUT2D eigenvalue weighted by molar-refractivity contribution is 14.0. The van der Waals surface area contributed by atoms with Gasteiger partial charge in [0, 0.05) is 31.5 Å². The molecule has 1 fully saturated rings. The predicted molar refractivity (Wildman–Crippen MR) is 116 cm³/mol. The molecule has 2 rings (SSSR count). The summed E-state index contributed by atoms with van der Waals surface area (Å²) >= 11 is 0. The van der Waals surface area contributed by atoms with Crippen LogP contribution in [-0.4, -0.2) is 28.1 Å². The molecule has 0 radical (unpaired) electrons. The highest BCUT2D eigenvalue weighted by Crippen LogP contribution is 2.28. The van der Waals surface area contributed by atoms with E-state index in [9.17, 15) is 0 Å². The lowest BCUT2D eigenvalue weighted by Crippen LogP contribution is -2.46. The van der Waals surface area contributed by atoms with Gasteiger partial charge in [0.1, 0.15) is 12.4 Å². The number of rotatable bonds is 6. The Morgan fingerprint density at radius 1 is 1.28 bits per heavy atom. The van der Waals surface area contributed by atoms with Crippen molar-refractivity contribution in [3.05, 3.63) is 18.2 Å². The number of imidazole rings is 1. The Morgan fingerprint density at radius 3 is 2.56 bits per heavy atom. The number of nitrogens with one attached hydrogen (secondary N) is 2. The van der Waals surface area contributed by atoms with E-state index in [1.54, 1.807) is 0 Å². The molecule has 1 heterocycles. The molecule has 25 heavy (non-hydrogen) atoms. The van der Waals surface area contributed by atoms with Crippen molar-refractivity contribution in [1.82, 2.24) is 20.2 Å². The van der Waals surface area contributed by atoms with Gasteiger partial charge in [-0.2, -0.15) is 0 Å². The highest BCUT2D eigenvalue weighted by atomic mass is 127. The highest BCUT2D eigenvalue weighted by Gasteiger charge is 2.24. The Labute approximate surface area is 170 Å². The SMILES string of the molecule is CCNC(=NCc1nccn1CC(C)C)NC1CC(C)CC(C)C1.I. The molecule has 1 aromatic rings. The number of guanidine groups is 1. The second kappa shape index (κ2) is 11.0. The van der Waals surface area contributed by atoms with Crippen molar-refractivity contribution in [3.8, 4) is 0 Å². The average Bonchev–Trinajstić information content (AvgIpc) is 2.90. The van der Waals surface area contributed by atoms with Crippen LogP contribution in [0.2, 0.25) is 0 Å². The Bertz CT molecular complexity index is 516. The fraction of sp³-hybridized carbons (Fsp3) is 0.789. The molecule has 1 aromatic heterocycles. The molecule has 5 nitrogen and oxygen atoms in total. The molecule has 2 N–H and O–H groups in total. The van der Waals surface area contributed by atoms with E-state index < -0.39 is 0 Å². The van der Waals surface area contributed by atoms with Gasteiger partial charge in [-0.3, -0.25) is 0 Å². The van der Waals surface area contributed by atoms with Gasteiger partial charge in [0.05, 0.1) is 0 Å². The Hall–Kier alpha value is -0.790. The summed E-state index contributed by atoms with van der Waals surface area (Å²) in [7, 11) is 0. The summed E-state index contributed by atoms with van der Waals surface area (Å²) in [4.78, 5) is 9.25. The first kappa shape index (κ1) is 22.3. The first-order valence-corrected chi connectivity index (χ1v) is 9.52. The lowest BCUT2D eigenvalue weighted by molar-refractivity contribution is 0.255. The van der Waals surface area contributed by atoms with Crippen LogP contribution in [0.4, 0.5) is 0 Å². The lowest BCUT2D eigenvalue weighted by atomic mass is 9.80. The van der Waals surface area contributed by atoms with E-state index in [1.807, 2.05) is 6.20 Å². The third kappa shape index (κ3) is 7.54. The fourth-order valence-electron chi connectivity index (χ4n) is 3.78. The minimum Gasteiger partial charge on any atom is -0.357 e. The minimum absolute atomic E-state index is 0. The monoisotopic (exact) mass is 461 g/mol. The quantitative estimate of drug-likeness (QED) is 0.382. The third-order valence-corrected chi connectivity index (χ3v) is 4.61. The topological polar surface area (TPSA) is 54.2 Å². The summed E-state index contributed by atoms with van der Waals surface area (Å²) in [5.41, 5.74) is 0. The maximum atomic E-state index is 4.78. The first-order valence-electron chi connectivity index (χ1n) is 9.52. The van der Waals surface area contributed by atoms with Gasteiger partial charge in [-0.1, -0.05) is 27.7 Å². The molecule has 0 bridgehead atoms. The standard InChI is InChI=1S/C19H35N5.HI/c1-6-20-19(23-17-10-15(4)9-16(5)11-17)22-12-18-21-7-8-24(18)13-14(2)3;/h7-8,14-17H,6,9-13H2,1-5H3,(H2,20,22,23);1H. The fourth-order valence-corrected chi connectivity index (χ4v) is 3.78. The molecule has 1 aliphatic carbocycles.